The van der Waals surface area contributed by atoms with E-state index in [1.54, 1.807) is 0 Å². The minimum Gasteiger partial charge on any atom is -0.496 e. The fraction of sp³-hybridized carbons (Fsp3) is 0.167. The molecule has 0 amide bonds. The van der Waals surface area contributed by atoms with Crippen molar-refractivity contribution in [3.05, 3.63) is 35.5 Å². The molecule has 0 atom stereocenters. The molecule has 94 valence electrons. The molecule has 0 radical (unpaired) electrons. The summed E-state index contributed by atoms with van der Waals surface area (Å²) in [7, 11) is 2.51. The molecule has 18 heavy (non-hydrogen) atoms. The van der Waals surface area contributed by atoms with Crippen LogP contribution < -0.4 is 4.74 Å². The summed E-state index contributed by atoms with van der Waals surface area (Å²) in [4.78, 5) is 15.2. The Hall–Kier alpha value is -2.24. The van der Waals surface area contributed by atoms with Gasteiger partial charge in [0.1, 0.15) is 17.1 Å². The van der Waals surface area contributed by atoms with E-state index in [1.807, 2.05) is 0 Å². The first-order valence-electron chi connectivity index (χ1n) is 4.99. The molecular formula is C12H9F2NO3. The fourth-order valence-electron chi connectivity index (χ4n) is 1.60. The molecule has 0 spiro atoms. The summed E-state index contributed by atoms with van der Waals surface area (Å²) in [6, 6.07) is 3.05. The highest BCUT2D eigenvalue weighted by Gasteiger charge is 2.16. The molecule has 0 saturated carbocycles. The second-order valence-corrected chi connectivity index (χ2v) is 3.49. The Morgan fingerprint density at radius 3 is 2.56 bits per heavy atom. The van der Waals surface area contributed by atoms with Crippen LogP contribution in [0.4, 0.5) is 8.78 Å². The summed E-state index contributed by atoms with van der Waals surface area (Å²) < 4.78 is 36.2. The maximum atomic E-state index is 13.6. The number of carbonyl (C=O) groups excluding carboxylic acids is 1. The van der Waals surface area contributed by atoms with Gasteiger partial charge in [-0.3, -0.25) is 0 Å². The van der Waals surface area contributed by atoms with Crippen molar-refractivity contribution in [1.29, 1.82) is 0 Å². The molecule has 0 fully saturated rings. The number of methoxy groups -OCH3 is 2. The molecule has 2 aromatic rings. The zero-order valence-electron chi connectivity index (χ0n) is 9.66. The van der Waals surface area contributed by atoms with Crippen molar-refractivity contribution in [2.75, 3.05) is 14.2 Å². The zero-order valence-corrected chi connectivity index (χ0v) is 9.66. The van der Waals surface area contributed by atoms with Gasteiger partial charge >= 0.3 is 5.97 Å². The third kappa shape index (κ3) is 1.97. The van der Waals surface area contributed by atoms with E-state index >= 15 is 0 Å². The van der Waals surface area contributed by atoms with Crippen molar-refractivity contribution in [2.24, 2.45) is 0 Å². The third-order valence-electron chi connectivity index (χ3n) is 2.41. The summed E-state index contributed by atoms with van der Waals surface area (Å²) in [5.74, 6) is -2.18. The molecule has 0 N–H and O–H groups in total. The second kappa shape index (κ2) is 4.56. The lowest BCUT2D eigenvalue weighted by Crippen LogP contribution is -2.06. The average molecular weight is 253 g/mol. The van der Waals surface area contributed by atoms with Crippen molar-refractivity contribution in [1.82, 2.24) is 4.98 Å². The molecule has 0 bridgehead atoms. The van der Waals surface area contributed by atoms with Gasteiger partial charge in [0.2, 0.25) is 0 Å². The molecule has 0 saturated heterocycles. The maximum absolute atomic E-state index is 13.6. The summed E-state index contributed by atoms with van der Waals surface area (Å²) in [6.07, 6.45) is 0. The number of hydrogen-bond donors (Lipinski definition) is 0. The normalized spacial score (nSPS) is 10.4. The van der Waals surface area contributed by atoms with E-state index in [-0.39, 0.29) is 22.3 Å². The number of pyridine rings is 1. The number of halogens is 2. The number of esters is 1. The Labute approximate surface area is 101 Å². The van der Waals surface area contributed by atoms with Crippen LogP contribution in [0.5, 0.6) is 5.75 Å². The highest BCUT2D eigenvalue weighted by Crippen LogP contribution is 2.28. The van der Waals surface area contributed by atoms with Gasteiger partial charge in [-0.15, -0.1) is 0 Å². The van der Waals surface area contributed by atoms with Crippen LogP contribution in [0.1, 0.15) is 10.5 Å². The first kappa shape index (κ1) is 12.2. The number of nitrogens with zero attached hydrogens (tertiary/aromatic N) is 1. The first-order chi connectivity index (χ1) is 8.56. The van der Waals surface area contributed by atoms with Crippen LogP contribution >= 0.6 is 0 Å². The Bertz CT molecular complexity index is 628. The van der Waals surface area contributed by atoms with E-state index in [9.17, 15) is 13.6 Å². The lowest BCUT2D eigenvalue weighted by atomic mass is 10.1. The Morgan fingerprint density at radius 1 is 1.22 bits per heavy atom. The highest BCUT2D eigenvalue weighted by atomic mass is 19.1. The lowest BCUT2D eigenvalue weighted by Gasteiger charge is -2.08. The largest absolute Gasteiger partial charge is 0.496 e. The summed E-state index contributed by atoms with van der Waals surface area (Å²) in [5, 5.41) is 0.155. The Kier molecular flexibility index (Phi) is 3.10. The number of ether oxygens (including phenoxy) is 2. The van der Waals surface area contributed by atoms with Crippen LogP contribution in [-0.2, 0) is 4.74 Å². The minimum absolute atomic E-state index is 0.104. The van der Waals surface area contributed by atoms with Gasteiger partial charge in [-0.2, -0.15) is 0 Å². The van der Waals surface area contributed by atoms with E-state index < -0.39 is 17.6 Å². The van der Waals surface area contributed by atoms with Crippen LogP contribution in [0.3, 0.4) is 0 Å². The Morgan fingerprint density at radius 2 is 1.94 bits per heavy atom. The smallest absolute Gasteiger partial charge is 0.356 e. The quantitative estimate of drug-likeness (QED) is 0.770. The average Bonchev–Trinajstić information content (AvgIpc) is 2.36. The standard InChI is InChI=1S/C12H9F2NO3/c1-17-10-5-9(12(16)18-2)15-11-7(10)3-6(13)4-8(11)14/h3-5H,1-2H3. The predicted octanol–water partition coefficient (Wildman–Crippen LogP) is 2.31. The summed E-state index contributed by atoms with van der Waals surface area (Å²) >= 11 is 0. The molecule has 0 aliphatic carbocycles. The van der Waals surface area contributed by atoms with Crippen molar-refractivity contribution in [3.63, 3.8) is 0 Å². The molecule has 1 heterocycles. The molecule has 1 aromatic carbocycles. The number of carbonyl (C=O) groups is 1. The molecule has 4 nitrogen and oxygen atoms in total. The van der Waals surface area contributed by atoms with Gasteiger partial charge in [-0.05, 0) is 6.07 Å². The Balaban J connectivity index is 2.79. The highest BCUT2D eigenvalue weighted by molar-refractivity contribution is 5.94. The van der Waals surface area contributed by atoms with Gasteiger partial charge in [0.05, 0.1) is 14.2 Å². The van der Waals surface area contributed by atoms with Crippen LogP contribution in [0, 0.1) is 11.6 Å². The fourth-order valence-corrected chi connectivity index (χ4v) is 1.60. The number of hydrogen-bond acceptors (Lipinski definition) is 4. The van der Waals surface area contributed by atoms with E-state index in [4.69, 9.17) is 4.74 Å². The van der Waals surface area contributed by atoms with E-state index in [2.05, 4.69) is 9.72 Å². The van der Waals surface area contributed by atoms with Crippen LogP contribution in [0.2, 0.25) is 0 Å². The van der Waals surface area contributed by atoms with Crippen molar-refractivity contribution < 1.29 is 23.0 Å². The van der Waals surface area contributed by atoms with Crippen LogP contribution in [-0.4, -0.2) is 25.2 Å². The van der Waals surface area contributed by atoms with Gasteiger partial charge in [0.25, 0.3) is 0 Å². The van der Waals surface area contributed by atoms with Crippen molar-refractivity contribution in [3.8, 4) is 5.75 Å². The number of benzene rings is 1. The van der Waals surface area contributed by atoms with Crippen LogP contribution in [0.15, 0.2) is 18.2 Å². The molecule has 1 aromatic heterocycles. The molecule has 0 aliphatic rings. The van der Waals surface area contributed by atoms with E-state index in [0.29, 0.717) is 6.07 Å². The molecular weight excluding hydrogens is 244 g/mol. The van der Waals surface area contributed by atoms with Gasteiger partial charge in [0.15, 0.2) is 11.5 Å². The number of rotatable bonds is 2. The molecule has 6 heteroatoms. The second-order valence-electron chi connectivity index (χ2n) is 3.49. The van der Waals surface area contributed by atoms with Gasteiger partial charge in [0, 0.05) is 17.5 Å². The zero-order chi connectivity index (χ0) is 13.3. The number of fused-ring (bicyclic) bond motifs is 1. The van der Waals surface area contributed by atoms with Crippen molar-refractivity contribution in [2.45, 2.75) is 0 Å². The maximum Gasteiger partial charge on any atom is 0.356 e. The summed E-state index contributed by atoms with van der Waals surface area (Å²) in [6.45, 7) is 0. The lowest BCUT2D eigenvalue weighted by molar-refractivity contribution is 0.0594. The molecule has 0 unspecified atom stereocenters. The van der Waals surface area contributed by atoms with E-state index in [0.717, 1.165) is 6.07 Å². The van der Waals surface area contributed by atoms with Crippen molar-refractivity contribution >= 4 is 16.9 Å². The summed E-state index contributed by atoms with van der Waals surface area (Å²) in [5.41, 5.74) is -0.247. The first-order valence-corrected chi connectivity index (χ1v) is 4.99. The molecule has 0 aliphatic heterocycles. The third-order valence-corrected chi connectivity index (χ3v) is 2.41. The van der Waals surface area contributed by atoms with Gasteiger partial charge in [-0.1, -0.05) is 0 Å². The number of aromatic nitrogens is 1. The van der Waals surface area contributed by atoms with Crippen LogP contribution in [0.25, 0.3) is 10.9 Å². The topological polar surface area (TPSA) is 48.4 Å². The predicted molar refractivity (Wildman–Crippen MR) is 59.6 cm³/mol. The van der Waals surface area contributed by atoms with Gasteiger partial charge < -0.3 is 9.47 Å². The van der Waals surface area contributed by atoms with E-state index in [1.165, 1.54) is 20.3 Å². The molecule has 2 rings (SSSR count). The monoisotopic (exact) mass is 253 g/mol. The SMILES string of the molecule is COC(=O)c1cc(OC)c2cc(F)cc(F)c2n1. The minimum atomic E-state index is -0.867. The van der Waals surface area contributed by atoms with Gasteiger partial charge in [-0.25, -0.2) is 18.6 Å².